The first-order chi connectivity index (χ1) is 12.5. The molecule has 1 heterocycles. The Bertz CT molecular complexity index is 778. The molecule has 0 unspecified atom stereocenters. The predicted molar refractivity (Wildman–Crippen MR) is 88.7 cm³/mol. The van der Waals surface area contributed by atoms with Crippen molar-refractivity contribution in [3.8, 4) is 5.75 Å². The summed E-state index contributed by atoms with van der Waals surface area (Å²) >= 11 is 0. The van der Waals surface area contributed by atoms with E-state index in [2.05, 4.69) is 0 Å². The molecule has 0 aliphatic heterocycles. The number of imide groups is 1. The number of furan rings is 1. The quantitative estimate of drug-likeness (QED) is 0.564. The molecule has 136 valence electrons. The van der Waals surface area contributed by atoms with Crippen LogP contribution in [-0.2, 0) is 14.3 Å². The molecule has 8 nitrogen and oxygen atoms in total. The van der Waals surface area contributed by atoms with Gasteiger partial charge in [0.2, 0.25) is 0 Å². The van der Waals surface area contributed by atoms with Crippen LogP contribution in [0.25, 0.3) is 0 Å². The highest BCUT2D eigenvalue weighted by Crippen LogP contribution is 2.13. The minimum Gasteiger partial charge on any atom is -0.482 e. The molecule has 0 aliphatic carbocycles. The number of Topliss-reactive ketones (excluding diaryl/α,β-unsaturated/α-hetero) is 1. The standard InChI is InChI=1S/C18H17NO7/c1-2-14(20)12-5-7-13(8-6-12)25-11-17(22)26-10-16(21)19-18(23)15-4-3-9-24-15/h3-9H,2,10-11H2,1H3,(H,19,21,23). The van der Waals surface area contributed by atoms with E-state index >= 15 is 0 Å². The molecule has 8 heteroatoms. The van der Waals surface area contributed by atoms with Gasteiger partial charge in [-0.25, -0.2) is 4.79 Å². The summed E-state index contributed by atoms with van der Waals surface area (Å²) in [7, 11) is 0. The van der Waals surface area contributed by atoms with Crippen LogP contribution >= 0.6 is 0 Å². The number of hydrogen-bond donors (Lipinski definition) is 1. The van der Waals surface area contributed by atoms with Crippen LogP contribution in [0.15, 0.2) is 47.1 Å². The summed E-state index contributed by atoms with van der Waals surface area (Å²) in [5, 5.41) is 2.01. The van der Waals surface area contributed by atoms with E-state index in [0.29, 0.717) is 17.7 Å². The van der Waals surface area contributed by atoms with Crippen molar-refractivity contribution in [2.24, 2.45) is 0 Å². The first-order valence-electron chi connectivity index (χ1n) is 7.79. The lowest BCUT2D eigenvalue weighted by Gasteiger charge is -2.07. The highest BCUT2D eigenvalue weighted by atomic mass is 16.6. The summed E-state index contributed by atoms with van der Waals surface area (Å²) in [5.41, 5.74) is 0.556. The van der Waals surface area contributed by atoms with Crippen molar-refractivity contribution in [1.29, 1.82) is 0 Å². The molecule has 1 aromatic carbocycles. The lowest BCUT2D eigenvalue weighted by atomic mass is 10.1. The van der Waals surface area contributed by atoms with Crippen LogP contribution in [-0.4, -0.2) is 36.8 Å². The number of ketones is 1. The van der Waals surface area contributed by atoms with E-state index in [1.54, 1.807) is 31.2 Å². The van der Waals surface area contributed by atoms with Gasteiger partial charge >= 0.3 is 5.97 Å². The first-order valence-corrected chi connectivity index (χ1v) is 7.79. The van der Waals surface area contributed by atoms with E-state index in [0.717, 1.165) is 0 Å². The van der Waals surface area contributed by atoms with Gasteiger partial charge in [0, 0.05) is 12.0 Å². The van der Waals surface area contributed by atoms with Gasteiger partial charge in [-0.2, -0.15) is 0 Å². The maximum atomic E-state index is 11.6. The van der Waals surface area contributed by atoms with Crippen molar-refractivity contribution in [2.45, 2.75) is 13.3 Å². The zero-order valence-corrected chi connectivity index (χ0v) is 14.0. The van der Waals surface area contributed by atoms with Gasteiger partial charge in [-0.1, -0.05) is 6.92 Å². The summed E-state index contributed by atoms with van der Waals surface area (Å²) in [4.78, 5) is 46.2. The molecule has 2 aromatic rings. The van der Waals surface area contributed by atoms with Gasteiger partial charge in [0.1, 0.15) is 5.75 Å². The zero-order chi connectivity index (χ0) is 18.9. The molecule has 2 amide bonds. The van der Waals surface area contributed by atoms with Gasteiger partial charge in [0.25, 0.3) is 11.8 Å². The van der Waals surface area contributed by atoms with Crippen LogP contribution < -0.4 is 10.1 Å². The highest BCUT2D eigenvalue weighted by molar-refractivity contribution is 6.03. The number of hydrogen-bond acceptors (Lipinski definition) is 7. The Labute approximate surface area is 149 Å². The largest absolute Gasteiger partial charge is 0.482 e. The number of rotatable bonds is 8. The summed E-state index contributed by atoms with van der Waals surface area (Å²) in [6.07, 6.45) is 1.69. The summed E-state index contributed by atoms with van der Waals surface area (Å²) in [5.74, 6) is -1.94. The Kier molecular flexibility index (Phi) is 6.67. The molecule has 2 rings (SSSR count). The smallest absolute Gasteiger partial charge is 0.344 e. The fourth-order valence-electron chi connectivity index (χ4n) is 1.90. The van der Waals surface area contributed by atoms with Crippen molar-refractivity contribution in [3.05, 3.63) is 54.0 Å². The van der Waals surface area contributed by atoms with Crippen molar-refractivity contribution in [3.63, 3.8) is 0 Å². The number of esters is 1. The molecule has 26 heavy (non-hydrogen) atoms. The Balaban J connectivity index is 1.70. The number of carbonyl (C=O) groups excluding carboxylic acids is 4. The van der Waals surface area contributed by atoms with Crippen molar-refractivity contribution in [1.82, 2.24) is 5.32 Å². The molecule has 0 aliphatic rings. The van der Waals surface area contributed by atoms with Gasteiger partial charge < -0.3 is 13.9 Å². The molecule has 0 saturated heterocycles. The van der Waals surface area contributed by atoms with Gasteiger partial charge in [0.15, 0.2) is 24.8 Å². The first kappa shape index (κ1) is 18.9. The van der Waals surface area contributed by atoms with E-state index in [4.69, 9.17) is 13.9 Å². The van der Waals surface area contributed by atoms with Crippen LogP contribution in [0.4, 0.5) is 0 Å². The van der Waals surface area contributed by atoms with Gasteiger partial charge in [0.05, 0.1) is 6.26 Å². The molecule has 0 saturated carbocycles. The van der Waals surface area contributed by atoms with E-state index in [1.807, 2.05) is 5.32 Å². The molecule has 1 N–H and O–H groups in total. The van der Waals surface area contributed by atoms with Crippen LogP contribution in [0.2, 0.25) is 0 Å². The Morgan fingerprint density at radius 3 is 2.38 bits per heavy atom. The van der Waals surface area contributed by atoms with Crippen LogP contribution in [0, 0.1) is 0 Å². The van der Waals surface area contributed by atoms with Gasteiger partial charge in [-0.15, -0.1) is 0 Å². The van der Waals surface area contributed by atoms with E-state index in [1.165, 1.54) is 18.4 Å². The van der Waals surface area contributed by atoms with Crippen LogP contribution in [0.1, 0.15) is 34.3 Å². The van der Waals surface area contributed by atoms with Crippen LogP contribution in [0.3, 0.4) is 0 Å². The third-order valence-corrected chi connectivity index (χ3v) is 3.22. The minimum absolute atomic E-state index is 0.00562. The number of carbonyl (C=O) groups is 4. The second-order valence-electron chi connectivity index (χ2n) is 5.11. The summed E-state index contributed by atoms with van der Waals surface area (Å²) in [6.45, 7) is 0.722. The second-order valence-corrected chi connectivity index (χ2v) is 5.11. The van der Waals surface area contributed by atoms with Crippen molar-refractivity contribution in [2.75, 3.05) is 13.2 Å². The maximum Gasteiger partial charge on any atom is 0.344 e. The number of benzene rings is 1. The van der Waals surface area contributed by atoms with Crippen molar-refractivity contribution < 1.29 is 33.1 Å². The van der Waals surface area contributed by atoms with Gasteiger partial charge in [-0.05, 0) is 36.4 Å². The molecule has 0 atom stereocenters. The van der Waals surface area contributed by atoms with Crippen molar-refractivity contribution >= 4 is 23.6 Å². The number of amides is 2. The monoisotopic (exact) mass is 359 g/mol. The third-order valence-electron chi connectivity index (χ3n) is 3.22. The zero-order valence-electron chi connectivity index (χ0n) is 14.0. The molecular formula is C18H17NO7. The number of nitrogens with one attached hydrogen (secondary N) is 1. The molecular weight excluding hydrogens is 342 g/mol. The number of ether oxygens (including phenoxy) is 2. The third kappa shape index (κ3) is 5.59. The molecule has 1 aromatic heterocycles. The fraction of sp³-hybridized carbons (Fsp3) is 0.222. The molecule has 0 bridgehead atoms. The fourth-order valence-corrected chi connectivity index (χ4v) is 1.90. The molecule has 0 fully saturated rings. The normalized spacial score (nSPS) is 10.0. The summed E-state index contributed by atoms with van der Waals surface area (Å²) in [6, 6.07) is 9.21. The Morgan fingerprint density at radius 2 is 1.77 bits per heavy atom. The average molecular weight is 359 g/mol. The lowest BCUT2D eigenvalue weighted by molar-refractivity contribution is -0.150. The molecule has 0 radical (unpaired) electrons. The van der Waals surface area contributed by atoms with E-state index in [9.17, 15) is 19.2 Å². The van der Waals surface area contributed by atoms with E-state index in [-0.39, 0.29) is 11.5 Å². The predicted octanol–water partition coefficient (Wildman–Crippen LogP) is 1.75. The SMILES string of the molecule is CCC(=O)c1ccc(OCC(=O)OCC(=O)NC(=O)c2ccco2)cc1. The second kappa shape index (κ2) is 9.16. The van der Waals surface area contributed by atoms with E-state index < -0.39 is 31.0 Å². The minimum atomic E-state index is -0.790. The Hall–Kier alpha value is -3.42. The highest BCUT2D eigenvalue weighted by Gasteiger charge is 2.14. The van der Waals surface area contributed by atoms with Crippen LogP contribution in [0.5, 0.6) is 5.75 Å². The van der Waals surface area contributed by atoms with Gasteiger partial charge in [-0.3, -0.25) is 19.7 Å². The summed E-state index contributed by atoms with van der Waals surface area (Å²) < 4.78 is 14.7. The lowest BCUT2D eigenvalue weighted by Crippen LogP contribution is -2.34. The Morgan fingerprint density at radius 1 is 1.04 bits per heavy atom. The average Bonchev–Trinajstić information content (AvgIpc) is 3.19. The maximum absolute atomic E-state index is 11.6. The molecule has 0 spiro atoms. The topological polar surface area (TPSA) is 112 Å².